The van der Waals surface area contributed by atoms with Gasteiger partial charge in [0.15, 0.2) is 0 Å². The molecule has 5 nitrogen and oxygen atoms in total. The molecular formula is C17H18N2O3. The van der Waals surface area contributed by atoms with Gasteiger partial charge in [-0.15, -0.1) is 0 Å². The fourth-order valence-electron chi connectivity index (χ4n) is 2.05. The predicted octanol–water partition coefficient (Wildman–Crippen LogP) is 3.10. The Hall–Kier alpha value is -2.82. The fraction of sp³-hybridized carbons (Fsp3) is 0.176. The average molecular weight is 298 g/mol. The molecule has 2 amide bonds. The molecule has 5 heteroatoms. The lowest BCUT2D eigenvalue weighted by Crippen LogP contribution is -2.29. The zero-order valence-corrected chi connectivity index (χ0v) is 12.6. The zero-order valence-electron chi connectivity index (χ0n) is 12.6. The maximum Gasteiger partial charge on any atom is 0.339 e. The minimum absolute atomic E-state index is 0.315. The summed E-state index contributed by atoms with van der Waals surface area (Å²) < 4.78 is 4.69. The Balaban J connectivity index is 1.99. The van der Waals surface area contributed by atoms with Gasteiger partial charge in [0.25, 0.3) is 0 Å². The van der Waals surface area contributed by atoms with Gasteiger partial charge in [-0.3, -0.25) is 0 Å². The van der Waals surface area contributed by atoms with E-state index in [4.69, 9.17) is 4.74 Å². The van der Waals surface area contributed by atoms with Crippen LogP contribution in [0.15, 0.2) is 48.5 Å². The Bertz CT molecular complexity index is 683. The van der Waals surface area contributed by atoms with E-state index in [9.17, 15) is 9.59 Å². The molecule has 0 fully saturated rings. The maximum absolute atomic E-state index is 12.0. The third kappa shape index (κ3) is 4.09. The number of esters is 1. The first-order valence-corrected chi connectivity index (χ1v) is 6.88. The predicted molar refractivity (Wildman–Crippen MR) is 84.8 cm³/mol. The van der Waals surface area contributed by atoms with E-state index in [2.05, 4.69) is 10.6 Å². The van der Waals surface area contributed by atoms with E-state index < -0.39 is 5.97 Å². The zero-order chi connectivity index (χ0) is 15.9. The van der Waals surface area contributed by atoms with Gasteiger partial charge in [0.1, 0.15) is 0 Å². The molecule has 0 saturated heterocycles. The number of benzene rings is 2. The van der Waals surface area contributed by atoms with Crippen LogP contribution in [-0.4, -0.2) is 19.1 Å². The number of urea groups is 1. The summed E-state index contributed by atoms with van der Waals surface area (Å²) in [7, 11) is 1.30. The van der Waals surface area contributed by atoms with Crippen LogP contribution in [0.25, 0.3) is 0 Å². The molecule has 0 aliphatic heterocycles. The lowest BCUT2D eigenvalue weighted by molar-refractivity contribution is 0.0602. The minimum atomic E-state index is -0.491. The van der Waals surface area contributed by atoms with Gasteiger partial charge < -0.3 is 15.4 Å². The largest absolute Gasteiger partial charge is 0.465 e. The van der Waals surface area contributed by atoms with Crippen molar-refractivity contribution >= 4 is 17.7 Å². The van der Waals surface area contributed by atoms with E-state index in [-0.39, 0.29) is 6.03 Å². The van der Waals surface area contributed by atoms with Crippen LogP contribution in [0.2, 0.25) is 0 Å². The Kier molecular flexibility index (Phi) is 5.14. The van der Waals surface area contributed by atoms with E-state index in [0.717, 1.165) is 11.1 Å². The highest BCUT2D eigenvalue weighted by Gasteiger charge is 2.12. The molecule has 2 aromatic rings. The van der Waals surface area contributed by atoms with Crippen molar-refractivity contribution in [3.63, 3.8) is 0 Å². The third-order valence-electron chi connectivity index (χ3n) is 3.12. The fourth-order valence-corrected chi connectivity index (χ4v) is 2.05. The summed E-state index contributed by atoms with van der Waals surface area (Å²) in [6, 6.07) is 14.2. The van der Waals surface area contributed by atoms with E-state index in [1.54, 1.807) is 24.3 Å². The smallest absolute Gasteiger partial charge is 0.339 e. The van der Waals surface area contributed by atoms with Crippen molar-refractivity contribution in [2.75, 3.05) is 12.4 Å². The molecule has 0 atom stereocenters. The van der Waals surface area contributed by atoms with Crippen LogP contribution in [0.4, 0.5) is 10.5 Å². The van der Waals surface area contributed by atoms with Crippen molar-refractivity contribution in [1.29, 1.82) is 0 Å². The first-order valence-electron chi connectivity index (χ1n) is 6.88. The van der Waals surface area contributed by atoms with Crippen LogP contribution in [-0.2, 0) is 11.3 Å². The number of ether oxygens (including phenoxy) is 1. The van der Waals surface area contributed by atoms with Crippen molar-refractivity contribution in [2.45, 2.75) is 13.5 Å². The molecule has 0 saturated carbocycles. The van der Waals surface area contributed by atoms with Crippen molar-refractivity contribution in [3.8, 4) is 0 Å². The molecule has 114 valence electrons. The summed E-state index contributed by atoms with van der Waals surface area (Å²) in [5.41, 5.74) is 2.87. The quantitative estimate of drug-likeness (QED) is 0.852. The van der Waals surface area contributed by atoms with E-state index >= 15 is 0 Å². The lowest BCUT2D eigenvalue weighted by Gasteiger charge is -2.11. The summed E-state index contributed by atoms with van der Waals surface area (Å²) in [6.07, 6.45) is 0. The van der Waals surface area contributed by atoms with Gasteiger partial charge in [0.05, 0.1) is 18.4 Å². The number of carbonyl (C=O) groups is 2. The third-order valence-corrected chi connectivity index (χ3v) is 3.12. The molecule has 0 unspecified atom stereocenters. The van der Waals surface area contributed by atoms with Gasteiger partial charge in [0, 0.05) is 6.54 Å². The molecule has 22 heavy (non-hydrogen) atoms. The Morgan fingerprint density at radius 1 is 1.09 bits per heavy atom. The number of para-hydroxylation sites is 1. The molecular weight excluding hydrogens is 280 g/mol. The number of hydrogen-bond donors (Lipinski definition) is 2. The summed E-state index contributed by atoms with van der Waals surface area (Å²) in [6.45, 7) is 2.41. The van der Waals surface area contributed by atoms with Gasteiger partial charge in [-0.2, -0.15) is 0 Å². The van der Waals surface area contributed by atoms with Gasteiger partial charge >= 0.3 is 12.0 Å². The number of methoxy groups -OCH3 is 1. The van der Waals surface area contributed by atoms with Crippen molar-refractivity contribution in [3.05, 3.63) is 65.2 Å². The monoisotopic (exact) mass is 298 g/mol. The van der Waals surface area contributed by atoms with Crippen LogP contribution < -0.4 is 10.6 Å². The average Bonchev–Trinajstić information content (AvgIpc) is 2.53. The first-order chi connectivity index (χ1) is 10.6. The molecule has 0 aromatic heterocycles. The first kappa shape index (κ1) is 15.6. The normalized spacial score (nSPS) is 9.91. The number of hydrogen-bond acceptors (Lipinski definition) is 3. The van der Waals surface area contributed by atoms with Crippen LogP contribution in [0.1, 0.15) is 21.5 Å². The van der Waals surface area contributed by atoms with E-state index in [0.29, 0.717) is 17.8 Å². The molecule has 0 aliphatic carbocycles. The number of nitrogens with one attached hydrogen (secondary N) is 2. The number of anilines is 1. The topological polar surface area (TPSA) is 67.4 Å². The van der Waals surface area contributed by atoms with E-state index in [1.807, 2.05) is 31.2 Å². The van der Waals surface area contributed by atoms with Crippen LogP contribution >= 0.6 is 0 Å². The molecule has 0 radical (unpaired) electrons. The van der Waals surface area contributed by atoms with Crippen molar-refractivity contribution in [2.24, 2.45) is 0 Å². The Labute approximate surface area is 129 Å². The number of rotatable bonds is 4. The maximum atomic E-state index is 12.0. The van der Waals surface area contributed by atoms with Crippen LogP contribution in [0.5, 0.6) is 0 Å². The SMILES string of the molecule is COC(=O)c1ccccc1NC(=O)NCc1cccc(C)c1. The highest BCUT2D eigenvalue weighted by molar-refractivity contribution is 6.00. The van der Waals surface area contributed by atoms with Crippen LogP contribution in [0.3, 0.4) is 0 Å². The second-order valence-electron chi connectivity index (χ2n) is 4.83. The van der Waals surface area contributed by atoms with Crippen molar-refractivity contribution in [1.82, 2.24) is 5.32 Å². The van der Waals surface area contributed by atoms with Crippen LogP contribution in [0, 0.1) is 6.92 Å². The molecule has 0 spiro atoms. The summed E-state index contributed by atoms with van der Waals surface area (Å²) in [5, 5.41) is 5.42. The van der Waals surface area contributed by atoms with Gasteiger partial charge in [-0.25, -0.2) is 9.59 Å². The molecule has 2 rings (SSSR count). The minimum Gasteiger partial charge on any atom is -0.465 e. The number of aryl methyl sites for hydroxylation is 1. The van der Waals surface area contributed by atoms with Crippen molar-refractivity contribution < 1.29 is 14.3 Å². The Morgan fingerprint density at radius 3 is 2.59 bits per heavy atom. The highest BCUT2D eigenvalue weighted by Crippen LogP contribution is 2.15. The highest BCUT2D eigenvalue weighted by atomic mass is 16.5. The summed E-state index contributed by atoms with van der Waals surface area (Å²) in [5.74, 6) is -0.491. The molecule has 0 aliphatic rings. The second kappa shape index (κ2) is 7.26. The number of carbonyl (C=O) groups excluding carboxylic acids is 2. The molecule has 0 bridgehead atoms. The summed E-state index contributed by atoms with van der Waals surface area (Å²) in [4.78, 5) is 23.6. The molecule has 2 N–H and O–H groups in total. The van der Waals surface area contributed by atoms with Gasteiger partial charge in [-0.1, -0.05) is 42.0 Å². The number of amides is 2. The lowest BCUT2D eigenvalue weighted by atomic mass is 10.1. The summed E-state index contributed by atoms with van der Waals surface area (Å²) >= 11 is 0. The molecule has 2 aromatic carbocycles. The standard InChI is InChI=1S/C17H18N2O3/c1-12-6-5-7-13(10-12)11-18-17(21)19-15-9-4-3-8-14(15)16(20)22-2/h3-10H,11H2,1-2H3,(H2,18,19,21). The second-order valence-corrected chi connectivity index (χ2v) is 4.83. The van der Waals surface area contributed by atoms with E-state index in [1.165, 1.54) is 7.11 Å². The van der Waals surface area contributed by atoms with Gasteiger partial charge in [0.2, 0.25) is 0 Å². The van der Waals surface area contributed by atoms with Gasteiger partial charge in [-0.05, 0) is 24.6 Å². The molecule has 0 heterocycles. The Morgan fingerprint density at radius 2 is 1.86 bits per heavy atom.